The molecule has 2 aromatic carbocycles. The maximum absolute atomic E-state index is 12.7. The Morgan fingerprint density at radius 1 is 1.09 bits per heavy atom. The molecule has 10 heteroatoms. The van der Waals surface area contributed by atoms with Crippen molar-refractivity contribution in [2.24, 2.45) is 0 Å². The van der Waals surface area contributed by atoms with Gasteiger partial charge in [-0.1, -0.05) is 54.7 Å². The third kappa shape index (κ3) is 4.41. The lowest BCUT2D eigenvalue weighted by Gasteiger charge is -2.12. The van der Waals surface area contributed by atoms with E-state index in [1.165, 1.54) is 18.2 Å². The largest absolute Gasteiger partial charge is 0.382 e. The number of halogens is 2. The van der Waals surface area contributed by atoms with Crippen LogP contribution in [0.3, 0.4) is 0 Å². The van der Waals surface area contributed by atoms with Crippen LogP contribution in [0.1, 0.15) is 25.6 Å². The highest BCUT2D eigenvalue weighted by molar-refractivity contribution is 7.89. The van der Waals surface area contributed by atoms with Gasteiger partial charge in [0.25, 0.3) is 0 Å². The number of nitrogens with two attached hydrogens (primary N) is 1. The number of nitrogens with zero attached hydrogens (tertiary/aromatic N) is 3. The molecule has 168 valence electrons. The fourth-order valence-electron chi connectivity index (χ4n) is 3.69. The molecule has 0 spiro atoms. The normalized spacial score (nSPS) is 12.1. The monoisotopic (exact) mass is 491 g/mol. The average Bonchev–Trinajstić information content (AvgIpc) is 3.13. The zero-order valence-electron chi connectivity index (χ0n) is 17.5. The first kappa shape index (κ1) is 22.8. The van der Waals surface area contributed by atoms with Crippen molar-refractivity contribution in [2.75, 3.05) is 12.3 Å². The number of anilines is 1. The molecular weight excluding hydrogens is 469 g/mol. The molecule has 2 heterocycles. The number of benzene rings is 2. The molecule has 4 rings (SSSR count). The molecule has 0 aliphatic heterocycles. The number of imidazole rings is 1. The minimum absolute atomic E-state index is 0.0625. The van der Waals surface area contributed by atoms with Gasteiger partial charge in [0.2, 0.25) is 10.0 Å². The first-order valence-corrected chi connectivity index (χ1v) is 12.5. The first-order chi connectivity index (χ1) is 15.3. The number of hydrogen-bond donors (Lipinski definition) is 2. The van der Waals surface area contributed by atoms with Crippen LogP contribution in [0.15, 0.2) is 47.4 Å². The van der Waals surface area contributed by atoms with Crippen molar-refractivity contribution in [1.82, 2.24) is 19.3 Å². The number of aryl methyl sites for hydroxylation is 1. The van der Waals surface area contributed by atoms with E-state index in [-0.39, 0.29) is 16.5 Å². The molecule has 0 atom stereocenters. The highest BCUT2D eigenvalue weighted by Gasteiger charge is 2.19. The van der Waals surface area contributed by atoms with Crippen LogP contribution in [0.5, 0.6) is 0 Å². The van der Waals surface area contributed by atoms with Crippen LogP contribution in [0, 0.1) is 0 Å². The Morgan fingerprint density at radius 3 is 2.62 bits per heavy atom. The van der Waals surface area contributed by atoms with Crippen molar-refractivity contribution in [2.45, 2.75) is 37.6 Å². The second-order valence-electron chi connectivity index (χ2n) is 7.47. The SMILES string of the molecule is CCCCc1nc2c(N)nc3ccccc3c2n1CCNS(=O)(=O)c1ccc(Cl)c(Cl)c1. The van der Waals surface area contributed by atoms with Gasteiger partial charge < -0.3 is 10.3 Å². The smallest absolute Gasteiger partial charge is 0.240 e. The van der Waals surface area contributed by atoms with Crippen molar-refractivity contribution in [3.8, 4) is 0 Å². The number of sulfonamides is 1. The molecule has 0 unspecified atom stereocenters. The van der Waals surface area contributed by atoms with E-state index in [4.69, 9.17) is 33.9 Å². The van der Waals surface area contributed by atoms with Crippen LogP contribution in [-0.2, 0) is 23.0 Å². The van der Waals surface area contributed by atoms with Crippen LogP contribution in [0.4, 0.5) is 5.82 Å². The van der Waals surface area contributed by atoms with Crippen LogP contribution in [0.2, 0.25) is 10.0 Å². The van der Waals surface area contributed by atoms with Crippen LogP contribution >= 0.6 is 23.2 Å². The number of nitrogen functional groups attached to an aromatic ring is 1. The molecular formula is C22H23Cl2N5O2S. The minimum atomic E-state index is -3.75. The van der Waals surface area contributed by atoms with Gasteiger partial charge in [0.1, 0.15) is 11.3 Å². The van der Waals surface area contributed by atoms with Crippen LogP contribution < -0.4 is 10.5 Å². The van der Waals surface area contributed by atoms with E-state index < -0.39 is 10.0 Å². The Bertz CT molecular complexity index is 1400. The number of hydrogen-bond acceptors (Lipinski definition) is 5. The molecule has 0 saturated carbocycles. The highest BCUT2D eigenvalue weighted by atomic mass is 35.5. The summed E-state index contributed by atoms with van der Waals surface area (Å²) in [5.74, 6) is 1.23. The molecule has 0 amide bonds. The third-order valence-electron chi connectivity index (χ3n) is 5.27. The predicted molar refractivity (Wildman–Crippen MR) is 130 cm³/mol. The molecule has 0 saturated heterocycles. The fourth-order valence-corrected chi connectivity index (χ4v) is 5.10. The Kier molecular flexibility index (Phi) is 6.57. The first-order valence-electron chi connectivity index (χ1n) is 10.3. The van der Waals surface area contributed by atoms with Gasteiger partial charge in [-0.05, 0) is 30.7 Å². The van der Waals surface area contributed by atoms with Gasteiger partial charge in [0, 0.05) is 24.9 Å². The molecule has 2 aromatic heterocycles. The molecule has 0 aliphatic rings. The van der Waals surface area contributed by atoms with Gasteiger partial charge in [0.05, 0.1) is 26.0 Å². The summed E-state index contributed by atoms with van der Waals surface area (Å²) in [4.78, 5) is 9.30. The second kappa shape index (κ2) is 9.23. The van der Waals surface area contributed by atoms with E-state index in [2.05, 4.69) is 16.6 Å². The van der Waals surface area contributed by atoms with Crippen LogP contribution in [0.25, 0.3) is 21.9 Å². The van der Waals surface area contributed by atoms with E-state index in [1.807, 2.05) is 28.8 Å². The quantitative estimate of drug-likeness (QED) is 0.368. The molecule has 7 nitrogen and oxygen atoms in total. The van der Waals surface area contributed by atoms with Gasteiger partial charge in [-0.15, -0.1) is 0 Å². The topological polar surface area (TPSA) is 103 Å². The number of rotatable bonds is 8. The number of unbranched alkanes of at least 4 members (excludes halogenated alkanes) is 1. The standard InChI is InChI=1S/C22H23Cl2N5O2S/c1-2-3-8-19-28-20-21(15-6-4-5-7-18(15)27-22(20)25)29(19)12-11-26-32(30,31)14-9-10-16(23)17(24)13-14/h4-7,9-10,13,26H,2-3,8,11-12H2,1H3,(H2,25,27). The molecule has 32 heavy (non-hydrogen) atoms. The molecule has 0 aliphatic carbocycles. The van der Waals surface area contributed by atoms with E-state index in [0.29, 0.717) is 22.9 Å². The summed E-state index contributed by atoms with van der Waals surface area (Å²) in [7, 11) is -3.75. The van der Waals surface area contributed by atoms with Crippen molar-refractivity contribution < 1.29 is 8.42 Å². The summed E-state index contributed by atoms with van der Waals surface area (Å²) < 4.78 is 30.2. The van der Waals surface area contributed by atoms with Crippen molar-refractivity contribution in [3.63, 3.8) is 0 Å². The number of fused-ring (bicyclic) bond motifs is 3. The molecule has 0 radical (unpaired) electrons. The highest BCUT2D eigenvalue weighted by Crippen LogP contribution is 2.29. The van der Waals surface area contributed by atoms with E-state index >= 15 is 0 Å². The maximum atomic E-state index is 12.7. The zero-order chi connectivity index (χ0) is 22.9. The summed E-state index contributed by atoms with van der Waals surface area (Å²) >= 11 is 11.9. The zero-order valence-corrected chi connectivity index (χ0v) is 19.8. The average molecular weight is 492 g/mol. The van der Waals surface area contributed by atoms with Gasteiger partial charge in [-0.3, -0.25) is 0 Å². The van der Waals surface area contributed by atoms with E-state index in [9.17, 15) is 8.42 Å². The molecule has 4 aromatic rings. The molecule has 0 bridgehead atoms. The number of para-hydroxylation sites is 1. The lowest BCUT2D eigenvalue weighted by molar-refractivity contribution is 0.570. The summed E-state index contributed by atoms with van der Waals surface area (Å²) in [5, 5.41) is 1.42. The summed E-state index contributed by atoms with van der Waals surface area (Å²) in [5.41, 5.74) is 8.50. The lowest BCUT2D eigenvalue weighted by atomic mass is 10.2. The van der Waals surface area contributed by atoms with Gasteiger partial charge in [-0.25, -0.2) is 23.1 Å². The van der Waals surface area contributed by atoms with Crippen LogP contribution in [-0.4, -0.2) is 29.5 Å². The molecule has 0 fully saturated rings. The minimum Gasteiger partial charge on any atom is -0.382 e. The van der Waals surface area contributed by atoms with Crippen molar-refractivity contribution in [1.29, 1.82) is 0 Å². The van der Waals surface area contributed by atoms with E-state index in [0.717, 1.165) is 41.5 Å². The number of nitrogens with one attached hydrogen (secondary N) is 1. The second-order valence-corrected chi connectivity index (χ2v) is 10.0. The molecule has 3 N–H and O–H groups in total. The van der Waals surface area contributed by atoms with Crippen molar-refractivity contribution in [3.05, 3.63) is 58.3 Å². The lowest BCUT2D eigenvalue weighted by Crippen LogP contribution is -2.28. The van der Waals surface area contributed by atoms with Gasteiger partial charge in [-0.2, -0.15) is 0 Å². The Labute approximate surface area is 196 Å². The Morgan fingerprint density at radius 2 is 1.88 bits per heavy atom. The summed E-state index contributed by atoms with van der Waals surface area (Å²) in [6.07, 6.45) is 2.74. The third-order valence-corrected chi connectivity index (χ3v) is 7.47. The predicted octanol–water partition coefficient (Wildman–Crippen LogP) is 4.79. The Balaban J connectivity index is 1.69. The summed E-state index contributed by atoms with van der Waals surface area (Å²) in [6.45, 7) is 2.68. The maximum Gasteiger partial charge on any atom is 0.240 e. The fraction of sp³-hybridized carbons (Fsp3) is 0.273. The van der Waals surface area contributed by atoms with E-state index in [1.54, 1.807) is 0 Å². The Hall–Kier alpha value is -2.39. The van der Waals surface area contributed by atoms with Gasteiger partial charge >= 0.3 is 0 Å². The van der Waals surface area contributed by atoms with Gasteiger partial charge in [0.15, 0.2) is 5.82 Å². The summed E-state index contributed by atoms with van der Waals surface area (Å²) in [6, 6.07) is 12.0. The number of aromatic nitrogens is 3. The number of pyridine rings is 1. The van der Waals surface area contributed by atoms with Crippen molar-refractivity contribution >= 4 is 61.0 Å².